The average Bonchev–Trinajstić information content (AvgIpc) is 2.62. The van der Waals surface area contributed by atoms with E-state index in [1.165, 1.54) is 32.9 Å². The highest BCUT2D eigenvalue weighted by Crippen LogP contribution is 2.26. The number of ether oxygens (including phenoxy) is 1. The lowest BCUT2D eigenvalue weighted by Gasteiger charge is -2.32. The largest absolute Gasteiger partial charge is 0.453 e. The highest BCUT2D eigenvalue weighted by Gasteiger charge is 2.36. The van der Waals surface area contributed by atoms with Crippen molar-refractivity contribution < 1.29 is 9.53 Å². The van der Waals surface area contributed by atoms with E-state index in [9.17, 15) is 4.79 Å². The monoisotopic (exact) mass is 198 g/mol. The lowest BCUT2D eigenvalue weighted by atomic mass is 9.99. The van der Waals surface area contributed by atoms with Crippen LogP contribution in [0.25, 0.3) is 0 Å². The number of piperidine rings is 1. The molecular weight excluding hydrogens is 180 g/mol. The van der Waals surface area contributed by atoms with Crippen molar-refractivity contribution in [3.63, 3.8) is 0 Å². The molecular formula is C10H18N2O2. The molecule has 4 heteroatoms. The van der Waals surface area contributed by atoms with Gasteiger partial charge in [0.1, 0.15) is 0 Å². The van der Waals surface area contributed by atoms with Gasteiger partial charge in [-0.1, -0.05) is 6.42 Å². The summed E-state index contributed by atoms with van der Waals surface area (Å²) < 4.78 is 4.62. The lowest BCUT2D eigenvalue weighted by Crippen LogP contribution is -2.46. The fraction of sp³-hybridized carbons (Fsp3) is 0.900. The Hall–Kier alpha value is -0.770. The van der Waals surface area contributed by atoms with Crippen LogP contribution in [0.15, 0.2) is 0 Å². The summed E-state index contributed by atoms with van der Waals surface area (Å²) in [4.78, 5) is 13.6. The van der Waals surface area contributed by atoms with E-state index in [2.05, 4.69) is 15.0 Å². The fourth-order valence-corrected chi connectivity index (χ4v) is 2.63. The van der Waals surface area contributed by atoms with Crippen LogP contribution in [0.1, 0.15) is 25.7 Å². The Balaban J connectivity index is 1.90. The Morgan fingerprint density at radius 1 is 1.36 bits per heavy atom. The van der Waals surface area contributed by atoms with Crippen LogP contribution in [0.3, 0.4) is 0 Å². The first-order valence-electron chi connectivity index (χ1n) is 5.40. The smallest absolute Gasteiger partial charge is 0.407 e. The van der Waals surface area contributed by atoms with Crippen LogP contribution in [0.4, 0.5) is 4.79 Å². The summed E-state index contributed by atoms with van der Waals surface area (Å²) in [5.74, 6) is 0. The lowest BCUT2D eigenvalue weighted by molar-refractivity contribution is 0.151. The normalized spacial score (nSPS) is 32.4. The minimum Gasteiger partial charge on any atom is -0.453 e. The number of carbonyl (C=O) groups excluding carboxylic acids is 1. The summed E-state index contributed by atoms with van der Waals surface area (Å²) in [6.45, 7) is 2.32. The van der Waals surface area contributed by atoms with Crippen molar-refractivity contribution in [2.75, 3.05) is 20.2 Å². The molecule has 80 valence electrons. The molecule has 0 radical (unpaired) electrons. The average molecular weight is 198 g/mol. The van der Waals surface area contributed by atoms with Crippen molar-refractivity contribution in [3.05, 3.63) is 0 Å². The number of nitrogens with zero attached hydrogens (tertiary/aromatic N) is 1. The number of methoxy groups -OCH3 is 1. The number of hydrogen-bond donors (Lipinski definition) is 1. The highest BCUT2D eigenvalue weighted by molar-refractivity contribution is 5.67. The first-order chi connectivity index (χ1) is 6.81. The van der Waals surface area contributed by atoms with Crippen molar-refractivity contribution >= 4 is 6.09 Å². The van der Waals surface area contributed by atoms with Crippen LogP contribution >= 0.6 is 0 Å². The Morgan fingerprint density at radius 2 is 2.21 bits per heavy atom. The topological polar surface area (TPSA) is 41.6 Å². The van der Waals surface area contributed by atoms with Crippen molar-refractivity contribution in [2.24, 2.45) is 0 Å². The van der Waals surface area contributed by atoms with Crippen molar-refractivity contribution in [1.82, 2.24) is 10.2 Å². The Morgan fingerprint density at radius 3 is 3.00 bits per heavy atom. The zero-order valence-electron chi connectivity index (χ0n) is 8.66. The molecule has 2 unspecified atom stereocenters. The number of hydrogen-bond acceptors (Lipinski definition) is 3. The molecule has 2 fully saturated rings. The van der Waals surface area contributed by atoms with Gasteiger partial charge in [0.05, 0.1) is 7.11 Å². The van der Waals surface area contributed by atoms with Gasteiger partial charge in [0.2, 0.25) is 0 Å². The first-order valence-corrected chi connectivity index (χ1v) is 5.40. The van der Waals surface area contributed by atoms with E-state index >= 15 is 0 Å². The predicted molar refractivity (Wildman–Crippen MR) is 53.2 cm³/mol. The third-order valence-corrected chi connectivity index (χ3v) is 3.34. The van der Waals surface area contributed by atoms with Gasteiger partial charge in [-0.3, -0.25) is 4.90 Å². The van der Waals surface area contributed by atoms with Gasteiger partial charge in [0.15, 0.2) is 0 Å². The third kappa shape index (κ3) is 1.85. The molecule has 2 rings (SSSR count). The Bertz CT molecular complexity index is 220. The summed E-state index contributed by atoms with van der Waals surface area (Å²) in [6.07, 6.45) is 4.60. The molecule has 0 spiro atoms. The standard InChI is InChI=1S/C10H18N2O2/c1-14-10(13)11-8-5-7-12-6-3-2-4-9(8)12/h8-9H,2-7H2,1H3,(H,11,13). The highest BCUT2D eigenvalue weighted by atomic mass is 16.5. The maximum atomic E-state index is 11.1. The molecule has 0 aromatic rings. The molecule has 0 aromatic heterocycles. The molecule has 4 nitrogen and oxygen atoms in total. The number of amides is 1. The van der Waals surface area contributed by atoms with E-state index in [-0.39, 0.29) is 6.09 Å². The molecule has 0 bridgehead atoms. The minimum atomic E-state index is -0.289. The second-order valence-electron chi connectivity index (χ2n) is 4.13. The van der Waals surface area contributed by atoms with Gasteiger partial charge in [0.25, 0.3) is 0 Å². The summed E-state index contributed by atoms with van der Waals surface area (Å²) >= 11 is 0. The van der Waals surface area contributed by atoms with Gasteiger partial charge in [0, 0.05) is 18.6 Å². The van der Waals surface area contributed by atoms with E-state index in [1.807, 2.05) is 0 Å². The fourth-order valence-electron chi connectivity index (χ4n) is 2.63. The first kappa shape index (κ1) is 9.77. The number of carbonyl (C=O) groups is 1. The van der Waals surface area contributed by atoms with Gasteiger partial charge >= 0.3 is 6.09 Å². The number of nitrogens with one attached hydrogen (secondary N) is 1. The predicted octanol–water partition coefficient (Wildman–Crippen LogP) is 0.969. The summed E-state index contributed by atoms with van der Waals surface area (Å²) in [5.41, 5.74) is 0. The summed E-state index contributed by atoms with van der Waals surface area (Å²) in [7, 11) is 1.42. The summed E-state index contributed by atoms with van der Waals surface area (Å²) in [6, 6.07) is 0.866. The zero-order valence-corrected chi connectivity index (χ0v) is 8.66. The molecule has 14 heavy (non-hydrogen) atoms. The van der Waals surface area contributed by atoms with Crippen LogP contribution in [0.2, 0.25) is 0 Å². The second kappa shape index (κ2) is 4.17. The zero-order chi connectivity index (χ0) is 9.97. The molecule has 2 saturated heterocycles. The van der Waals surface area contributed by atoms with E-state index < -0.39 is 0 Å². The van der Waals surface area contributed by atoms with Gasteiger partial charge in [-0.05, 0) is 25.8 Å². The number of rotatable bonds is 1. The van der Waals surface area contributed by atoms with Crippen LogP contribution < -0.4 is 5.32 Å². The van der Waals surface area contributed by atoms with Gasteiger partial charge < -0.3 is 10.1 Å². The van der Waals surface area contributed by atoms with Crippen LogP contribution in [0.5, 0.6) is 0 Å². The van der Waals surface area contributed by atoms with Gasteiger partial charge in [-0.2, -0.15) is 0 Å². The summed E-state index contributed by atoms with van der Waals surface area (Å²) in [5, 5.41) is 2.92. The van der Waals surface area contributed by atoms with E-state index in [4.69, 9.17) is 0 Å². The van der Waals surface area contributed by atoms with Crippen molar-refractivity contribution in [2.45, 2.75) is 37.8 Å². The molecule has 2 aliphatic heterocycles. The van der Waals surface area contributed by atoms with Crippen LogP contribution in [-0.2, 0) is 4.74 Å². The molecule has 0 aliphatic carbocycles. The molecule has 0 aromatic carbocycles. The van der Waals surface area contributed by atoms with Crippen molar-refractivity contribution in [3.8, 4) is 0 Å². The molecule has 2 atom stereocenters. The minimum absolute atomic E-state index is 0.289. The van der Waals surface area contributed by atoms with E-state index in [1.54, 1.807) is 0 Å². The number of alkyl carbamates (subject to hydrolysis) is 1. The quantitative estimate of drug-likeness (QED) is 0.682. The maximum absolute atomic E-state index is 11.1. The Labute approximate surface area is 84.6 Å². The second-order valence-corrected chi connectivity index (χ2v) is 4.13. The Kier molecular flexibility index (Phi) is 2.91. The van der Waals surface area contributed by atoms with Crippen molar-refractivity contribution in [1.29, 1.82) is 0 Å². The third-order valence-electron chi connectivity index (χ3n) is 3.34. The molecule has 1 amide bonds. The van der Waals surface area contributed by atoms with E-state index in [0.717, 1.165) is 13.0 Å². The van der Waals surface area contributed by atoms with Crippen LogP contribution in [-0.4, -0.2) is 43.3 Å². The van der Waals surface area contributed by atoms with E-state index in [0.29, 0.717) is 12.1 Å². The number of fused-ring (bicyclic) bond motifs is 1. The van der Waals surface area contributed by atoms with Gasteiger partial charge in [-0.25, -0.2) is 4.79 Å². The molecule has 2 aliphatic rings. The SMILES string of the molecule is COC(=O)NC1CCN2CCCCC12. The molecule has 2 heterocycles. The molecule has 0 saturated carbocycles. The maximum Gasteiger partial charge on any atom is 0.407 e. The van der Waals surface area contributed by atoms with Gasteiger partial charge in [-0.15, -0.1) is 0 Å². The molecule has 1 N–H and O–H groups in total. The van der Waals surface area contributed by atoms with Crippen LogP contribution in [0, 0.1) is 0 Å².